The van der Waals surface area contributed by atoms with E-state index >= 15 is 0 Å². The molecule has 0 saturated carbocycles. The van der Waals surface area contributed by atoms with Crippen LogP contribution in [-0.4, -0.2) is 60.6 Å². The number of hydrogen-bond acceptors (Lipinski definition) is 8. The standard InChI is InChI=1S/C18H30N6O4S/c1-11(2)28-15(16-20-7-12(3)8-21-16)13(4)29(25)23-17(24(29)19)22-14-9-26-18(5,6)27-10-14/h7-8,11,13-15H,9-10,19H2,1-6H3/p+1/t13-,15+,29?/m0/s1. The fourth-order valence-corrected chi connectivity index (χ4v) is 4.79. The second kappa shape index (κ2) is 8.23. The number of nitrogens with one attached hydrogen (secondary N) is 1. The van der Waals surface area contributed by atoms with Crippen LogP contribution >= 0.6 is 0 Å². The van der Waals surface area contributed by atoms with Crippen molar-refractivity contribution in [1.29, 1.82) is 0 Å². The Bertz CT molecular complexity index is 882. The van der Waals surface area contributed by atoms with Gasteiger partial charge in [0.2, 0.25) is 9.92 Å². The number of guanidine groups is 1. The maximum absolute atomic E-state index is 13.5. The summed E-state index contributed by atoms with van der Waals surface area (Å²) in [6.45, 7) is 12.0. The minimum absolute atomic E-state index is 0.102. The third-order valence-corrected chi connectivity index (χ3v) is 7.18. The van der Waals surface area contributed by atoms with Crippen LogP contribution in [0.5, 0.6) is 0 Å². The van der Waals surface area contributed by atoms with E-state index in [1.165, 1.54) is 4.05 Å². The molecular weight excluding hydrogens is 396 g/mol. The molecule has 1 unspecified atom stereocenters. The van der Waals surface area contributed by atoms with Crippen LogP contribution in [0.15, 0.2) is 17.4 Å². The molecule has 2 aliphatic heterocycles. The molecule has 10 nitrogen and oxygen atoms in total. The Labute approximate surface area is 172 Å². The summed E-state index contributed by atoms with van der Waals surface area (Å²) in [6.07, 6.45) is 2.73. The van der Waals surface area contributed by atoms with E-state index in [4.69, 9.17) is 20.1 Å². The first-order chi connectivity index (χ1) is 13.5. The van der Waals surface area contributed by atoms with Gasteiger partial charge in [-0.25, -0.2) is 9.97 Å². The summed E-state index contributed by atoms with van der Waals surface area (Å²) in [6, 6.07) is -0.223. The van der Waals surface area contributed by atoms with Crippen molar-refractivity contribution in [2.45, 2.75) is 70.8 Å². The zero-order valence-electron chi connectivity index (χ0n) is 17.8. The van der Waals surface area contributed by atoms with Crippen molar-refractivity contribution >= 4 is 15.9 Å². The highest BCUT2D eigenvalue weighted by Gasteiger charge is 2.47. The van der Waals surface area contributed by atoms with E-state index in [1.807, 2.05) is 34.6 Å². The van der Waals surface area contributed by atoms with E-state index in [-0.39, 0.29) is 12.1 Å². The van der Waals surface area contributed by atoms with E-state index in [9.17, 15) is 4.21 Å². The van der Waals surface area contributed by atoms with Gasteiger partial charge in [-0.1, -0.05) is 4.05 Å². The molecule has 29 heavy (non-hydrogen) atoms. The Morgan fingerprint density at radius 3 is 2.41 bits per heavy atom. The third-order valence-electron chi connectivity index (χ3n) is 4.69. The first kappa shape index (κ1) is 22.0. The number of hydrogen-bond donors (Lipinski definition) is 2. The summed E-state index contributed by atoms with van der Waals surface area (Å²) < 4.78 is 34.9. The summed E-state index contributed by atoms with van der Waals surface area (Å²) in [5.41, 5.74) is 0.936. The summed E-state index contributed by atoms with van der Waals surface area (Å²) in [5.74, 6) is 6.32. The molecule has 3 N–H and O–H groups in total. The van der Waals surface area contributed by atoms with Gasteiger partial charge >= 0.3 is 5.96 Å². The second-order valence-corrected chi connectivity index (χ2v) is 10.5. The molecule has 1 fully saturated rings. The van der Waals surface area contributed by atoms with Crippen LogP contribution in [0.3, 0.4) is 0 Å². The second-order valence-electron chi connectivity index (χ2n) is 8.05. The minimum atomic E-state index is -2.83. The smallest absolute Gasteiger partial charge is 0.366 e. The average Bonchev–Trinajstić information content (AvgIpc) is 2.66. The van der Waals surface area contributed by atoms with Gasteiger partial charge in [-0.05, 0) is 47.1 Å². The molecule has 1 saturated heterocycles. The molecule has 3 rings (SSSR count). The van der Waals surface area contributed by atoms with Crippen molar-refractivity contribution in [3.63, 3.8) is 0 Å². The molecule has 1 aromatic heterocycles. The lowest BCUT2D eigenvalue weighted by Crippen LogP contribution is -2.63. The Hall–Kier alpha value is -1.66. The van der Waals surface area contributed by atoms with Crippen LogP contribution in [0.1, 0.15) is 52.1 Å². The molecule has 0 amide bonds. The molecule has 3 heterocycles. The number of rotatable bonds is 6. The van der Waals surface area contributed by atoms with Crippen LogP contribution in [0.2, 0.25) is 0 Å². The van der Waals surface area contributed by atoms with Gasteiger partial charge in [-0.15, -0.1) is 4.99 Å². The van der Waals surface area contributed by atoms with Crippen LogP contribution in [0.25, 0.3) is 0 Å². The predicted molar refractivity (Wildman–Crippen MR) is 108 cm³/mol. The van der Waals surface area contributed by atoms with E-state index in [0.717, 1.165) is 5.56 Å². The molecule has 3 atom stereocenters. The van der Waals surface area contributed by atoms with Crippen molar-refractivity contribution in [3.05, 3.63) is 23.8 Å². The van der Waals surface area contributed by atoms with Crippen LogP contribution < -0.4 is 10.6 Å². The van der Waals surface area contributed by atoms with Crippen molar-refractivity contribution in [2.75, 3.05) is 13.2 Å². The van der Waals surface area contributed by atoms with Crippen molar-refractivity contribution in [1.82, 2.24) is 14.7 Å². The number of aliphatic imine (C=N–C) groups is 1. The van der Waals surface area contributed by atoms with Gasteiger partial charge in [0, 0.05) is 12.4 Å². The maximum atomic E-state index is 13.5. The van der Waals surface area contributed by atoms with Gasteiger partial charge in [0.15, 0.2) is 17.7 Å². The van der Waals surface area contributed by atoms with Gasteiger partial charge in [0.1, 0.15) is 11.4 Å². The number of aromatic nitrogens is 2. The summed E-state index contributed by atoms with van der Waals surface area (Å²) in [5, 5.41) is -0.519. The fraction of sp³-hybridized carbons (Fsp3) is 0.722. The summed E-state index contributed by atoms with van der Waals surface area (Å²) in [4.78, 5) is 13.2. The zero-order valence-corrected chi connectivity index (χ0v) is 18.6. The van der Waals surface area contributed by atoms with Crippen LogP contribution in [-0.2, 0) is 24.1 Å². The molecule has 0 aliphatic carbocycles. The molecule has 0 aromatic carbocycles. The number of hydrazine groups is 1. The highest BCUT2D eigenvalue weighted by Crippen LogP contribution is 2.27. The van der Waals surface area contributed by atoms with Gasteiger partial charge < -0.3 is 14.2 Å². The van der Waals surface area contributed by atoms with Crippen molar-refractivity contribution in [3.8, 4) is 0 Å². The zero-order chi connectivity index (χ0) is 21.4. The molecule has 0 spiro atoms. The highest BCUT2D eigenvalue weighted by molar-refractivity contribution is 7.91. The normalized spacial score (nSPS) is 28.1. The summed E-state index contributed by atoms with van der Waals surface area (Å²) in [7, 11) is -2.83. The van der Waals surface area contributed by atoms with Crippen LogP contribution in [0, 0.1) is 6.92 Å². The van der Waals surface area contributed by atoms with Crippen LogP contribution in [0.4, 0.5) is 0 Å². The van der Waals surface area contributed by atoms with Gasteiger partial charge in [-0.3, -0.25) is 0 Å². The number of nitrogens with two attached hydrogens (primary N) is 1. The van der Waals surface area contributed by atoms with E-state index in [2.05, 4.69) is 19.7 Å². The molecule has 1 aromatic rings. The number of nitrogens with zero attached hydrogens (tertiary/aromatic N) is 4. The van der Waals surface area contributed by atoms with Gasteiger partial charge in [-0.2, -0.15) is 14.8 Å². The Balaban J connectivity index is 1.82. The topological polar surface area (TPSA) is 124 Å². The molecule has 0 bridgehead atoms. The lowest BCUT2D eigenvalue weighted by Gasteiger charge is -2.33. The van der Waals surface area contributed by atoms with Gasteiger partial charge in [0.05, 0.1) is 19.3 Å². The minimum Gasteiger partial charge on any atom is -0.366 e. The van der Waals surface area contributed by atoms with E-state index in [1.54, 1.807) is 19.3 Å². The molecule has 11 heteroatoms. The molecule has 162 valence electrons. The van der Waals surface area contributed by atoms with Crippen molar-refractivity contribution in [2.24, 2.45) is 10.8 Å². The predicted octanol–water partition coefficient (Wildman–Crippen LogP) is 1.02. The number of ether oxygens (including phenoxy) is 3. The quantitative estimate of drug-likeness (QED) is 0.513. The first-order valence-corrected chi connectivity index (χ1v) is 11.2. The van der Waals surface area contributed by atoms with Crippen molar-refractivity contribution < 1.29 is 22.5 Å². The summed E-state index contributed by atoms with van der Waals surface area (Å²) >= 11 is 0. The molecular formula is C18H31N6O4S+. The lowest BCUT2D eigenvalue weighted by molar-refractivity contribution is -0.415. The monoisotopic (exact) mass is 427 g/mol. The number of aryl methyl sites for hydroxylation is 1. The van der Waals surface area contributed by atoms with Gasteiger partial charge in [0.25, 0.3) is 0 Å². The first-order valence-electron chi connectivity index (χ1n) is 9.67. The van der Waals surface area contributed by atoms with E-state index < -0.39 is 27.1 Å². The Morgan fingerprint density at radius 2 is 1.90 bits per heavy atom. The highest BCUT2D eigenvalue weighted by atomic mass is 32.2. The Kier molecular flexibility index (Phi) is 6.25. The third kappa shape index (κ3) is 4.75. The molecule has 0 radical (unpaired) electrons. The molecule has 2 aliphatic rings. The lowest BCUT2D eigenvalue weighted by atomic mass is 10.2. The van der Waals surface area contributed by atoms with E-state index in [0.29, 0.717) is 25.0 Å². The average molecular weight is 428 g/mol. The SMILES string of the molecule is Cc1cnc([C@H](OC(C)C)[C@H](C)S2(=O)=[N+](N)C(=NC3COC(C)(C)OC3)N2)nc1. The Morgan fingerprint density at radius 1 is 1.31 bits per heavy atom. The maximum Gasteiger partial charge on any atom is 0.429 e. The largest absolute Gasteiger partial charge is 0.429 e. The fourth-order valence-electron chi connectivity index (χ4n) is 2.99.